The van der Waals surface area contributed by atoms with Crippen molar-refractivity contribution in [2.45, 2.75) is 297 Å². The summed E-state index contributed by atoms with van der Waals surface area (Å²) in [4.78, 5) is 38.1. The minimum Gasteiger partial charge on any atom is -0.462 e. The lowest BCUT2D eigenvalue weighted by molar-refractivity contribution is -0.167. The third-order valence-corrected chi connectivity index (χ3v) is 12.5. The number of esters is 3. The Balaban J connectivity index is 4.27. The number of allylic oxidation sites excluding steroid dienone is 10. The van der Waals surface area contributed by atoms with Crippen LogP contribution in [0.4, 0.5) is 0 Å². The first-order valence-electron chi connectivity index (χ1n) is 28.8. The quantitative estimate of drug-likeness (QED) is 0.0262. The van der Waals surface area contributed by atoms with Crippen LogP contribution in [-0.4, -0.2) is 37.2 Å². The lowest BCUT2D eigenvalue weighted by Gasteiger charge is -2.18. The van der Waals surface area contributed by atoms with Gasteiger partial charge in [-0.25, -0.2) is 0 Å². The zero-order valence-corrected chi connectivity index (χ0v) is 44.4. The molecule has 0 aliphatic carbocycles. The minimum atomic E-state index is -0.776. The largest absolute Gasteiger partial charge is 0.462 e. The van der Waals surface area contributed by atoms with Gasteiger partial charge in [-0.2, -0.15) is 0 Å². The number of ether oxygens (including phenoxy) is 3. The fraction of sp³-hybridized carbons (Fsp3) is 0.787. The first-order chi connectivity index (χ1) is 33.0. The molecule has 0 aliphatic heterocycles. The Hall–Kier alpha value is -2.89. The lowest BCUT2D eigenvalue weighted by Crippen LogP contribution is -2.30. The summed E-state index contributed by atoms with van der Waals surface area (Å²) >= 11 is 0. The van der Waals surface area contributed by atoms with E-state index in [1.165, 1.54) is 161 Å². The zero-order valence-electron chi connectivity index (χ0n) is 44.4. The number of rotatable bonds is 52. The number of carbonyl (C=O) groups excluding carboxylic acids is 3. The van der Waals surface area contributed by atoms with Gasteiger partial charge in [0.05, 0.1) is 0 Å². The van der Waals surface area contributed by atoms with Crippen LogP contribution in [0.1, 0.15) is 290 Å². The molecule has 0 aromatic heterocycles. The predicted octanol–water partition coefficient (Wildman–Crippen LogP) is 19.2. The molecule has 388 valence electrons. The van der Waals surface area contributed by atoms with E-state index in [9.17, 15) is 14.4 Å². The number of carbonyl (C=O) groups is 3. The Kier molecular flexibility index (Phi) is 53.3. The van der Waals surface area contributed by atoms with Gasteiger partial charge < -0.3 is 14.2 Å². The van der Waals surface area contributed by atoms with Crippen molar-refractivity contribution in [2.24, 2.45) is 0 Å². The Morgan fingerprint density at radius 3 is 0.925 bits per heavy atom. The predicted molar refractivity (Wildman–Crippen MR) is 288 cm³/mol. The summed E-state index contributed by atoms with van der Waals surface area (Å²) in [7, 11) is 0. The first-order valence-corrected chi connectivity index (χ1v) is 28.8. The Bertz CT molecular complexity index is 1210. The zero-order chi connectivity index (χ0) is 48.6. The van der Waals surface area contributed by atoms with Crippen molar-refractivity contribution >= 4 is 17.9 Å². The average Bonchev–Trinajstić information content (AvgIpc) is 3.33. The molecule has 0 saturated carbocycles. The van der Waals surface area contributed by atoms with Gasteiger partial charge in [0, 0.05) is 19.3 Å². The van der Waals surface area contributed by atoms with Gasteiger partial charge in [-0.1, -0.05) is 248 Å². The van der Waals surface area contributed by atoms with Crippen LogP contribution in [0.15, 0.2) is 60.8 Å². The van der Waals surface area contributed by atoms with Gasteiger partial charge in [0.1, 0.15) is 13.2 Å². The molecule has 0 saturated heterocycles. The third-order valence-electron chi connectivity index (χ3n) is 12.5. The van der Waals surface area contributed by atoms with Crippen molar-refractivity contribution < 1.29 is 28.6 Å². The molecule has 6 nitrogen and oxygen atoms in total. The minimum absolute atomic E-state index is 0.0752. The van der Waals surface area contributed by atoms with Crippen molar-refractivity contribution in [1.82, 2.24) is 0 Å². The Morgan fingerprint density at radius 2 is 0.582 bits per heavy atom. The molecule has 67 heavy (non-hydrogen) atoms. The lowest BCUT2D eigenvalue weighted by atomic mass is 10.1. The second kappa shape index (κ2) is 55.7. The molecule has 0 aromatic rings. The molecule has 0 bridgehead atoms. The molecule has 0 N–H and O–H groups in total. The maximum absolute atomic E-state index is 12.8. The summed E-state index contributed by atoms with van der Waals surface area (Å²) in [5, 5.41) is 0. The van der Waals surface area contributed by atoms with Crippen molar-refractivity contribution in [1.29, 1.82) is 0 Å². The summed E-state index contributed by atoms with van der Waals surface area (Å²) < 4.78 is 16.8. The van der Waals surface area contributed by atoms with Gasteiger partial charge in [0.2, 0.25) is 0 Å². The molecule has 0 aliphatic rings. The second-order valence-corrected chi connectivity index (χ2v) is 19.2. The highest BCUT2D eigenvalue weighted by Crippen LogP contribution is 2.16. The van der Waals surface area contributed by atoms with E-state index in [4.69, 9.17) is 14.2 Å². The molecule has 0 spiro atoms. The van der Waals surface area contributed by atoms with Crippen molar-refractivity contribution in [3.63, 3.8) is 0 Å². The summed E-state index contributed by atoms with van der Waals surface area (Å²) in [5.74, 6) is -0.878. The van der Waals surface area contributed by atoms with E-state index in [1.807, 2.05) is 0 Å². The number of hydrogen-bond acceptors (Lipinski definition) is 6. The Morgan fingerprint density at radius 1 is 0.313 bits per heavy atom. The van der Waals surface area contributed by atoms with Gasteiger partial charge in [-0.05, 0) is 83.5 Å². The van der Waals surface area contributed by atoms with Gasteiger partial charge >= 0.3 is 17.9 Å². The van der Waals surface area contributed by atoms with Crippen molar-refractivity contribution in [2.75, 3.05) is 13.2 Å². The smallest absolute Gasteiger partial charge is 0.306 e. The molecule has 6 heteroatoms. The molecule has 0 heterocycles. The standard InChI is InChI=1S/C61H108O6/c1-4-7-10-13-16-19-21-23-25-27-29-30-32-33-35-37-39-42-45-48-51-54-60(63)66-57-58(56-65-59(62)53-50-47-44-41-18-15-12-9-6-3)67-61(64)55-52-49-46-43-40-38-36-34-31-28-26-24-22-20-17-14-11-8-5-2/h7,10,16,19,23-26,29-30,58H,4-6,8-9,11-15,17-18,20-22,27-28,31-57H2,1-3H3/b10-7-,19-16-,25-23-,26-24-,30-29-. The van der Waals surface area contributed by atoms with Crippen LogP contribution in [0.25, 0.3) is 0 Å². The summed E-state index contributed by atoms with van der Waals surface area (Å²) in [6.07, 6.45) is 69.3. The maximum atomic E-state index is 12.8. The maximum Gasteiger partial charge on any atom is 0.306 e. The molecule has 0 fully saturated rings. The van der Waals surface area contributed by atoms with Crippen LogP contribution in [0.2, 0.25) is 0 Å². The van der Waals surface area contributed by atoms with Gasteiger partial charge in [-0.3, -0.25) is 14.4 Å². The number of hydrogen-bond donors (Lipinski definition) is 0. The first kappa shape index (κ1) is 64.1. The number of unbranched alkanes of at least 4 members (excludes halogenated alkanes) is 31. The SMILES string of the molecule is CC/C=C\C/C=C\C/C=C\C/C=C\CCCCCCCCCCC(=O)OCC(COC(=O)CCCCCCCCCCC)OC(=O)CCCCCCCCCCC/C=C\CCCCCCCC. The van der Waals surface area contributed by atoms with E-state index >= 15 is 0 Å². The topological polar surface area (TPSA) is 78.9 Å². The van der Waals surface area contributed by atoms with Crippen molar-refractivity contribution in [3.05, 3.63) is 60.8 Å². The highest BCUT2D eigenvalue weighted by Gasteiger charge is 2.19. The average molecular weight is 938 g/mol. The van der Waals surface area contributed by atoms with Crippen LogP contribution in [0.5, 0.6) is 0 Å². The molecule has 0 amide bonds. The second-order valence-electron chi connectivity index (χ2n) is 19.2. The van der Waals surface area contributed by atoms with Crippen LogP contribution in [0, 0.1) is 0 Å². The molecule has 1 atom stereocenters. The molecular formula is C61H108O6. The Labute approximate surface area is 415 Å². The highest BCUT2D eigenvalue weighted by molar-refractivity contribution is 5.71. The third kappa shape index (κ3) is 53.9. The summed E-state index contributed by atoms with van der Waals surface area (Å²) in [6.45, 7) is 6.52. The molecule has 0 aromatic carbocycles. The van der Waals surface area contributed by atoms with Gasteiger partial charge in [-0.15, -0.1) is 0 Å². The van der Waals surface area contributed by atoms with Crippen molar-refractivity contribution in [3.8, 4) is 0 Å². The monoisotopic (exact) mass is 937 g/mol. The highest BCUT2D eigenvalue weighted by atomic mass is 16.6. The van der Waals surface area contributed by atoms with Gasteiger partial charge in [0.25, 0.3) is 0 Å². The van der Waals surface area contributed by atoms with E-state index in [0.29, 0.717) is 19.3 Å². The van der Waals surface area contributed by atoms with Crippen LogP contribution < -0.4 is 0 Å². The molecular weight excluding hydrogens is 829 g/mol. The fourth-order valence-electron chi connectivity index (χ4n) is 8.19. The fourth-order valence-corrected chi connectivity index (χ4v) is 8.19. The van der Waals surface area contributed by atoms with Crippen LogP contribution in [0.3, 0.4) is 0 Å². The van der Waals surface area contributed by atoms with E-state index in [0.717, 1.165) is 89.9 Å². The van der Waals surface area contributed by atoms with Gasteiger partial charge in [0.15, 0.2) is 6.10 Å². The van der Waals surface area contributed by atoms with E-state index in [-0.39, 0.29) is 31.1 Å². The normalized spacial score (nSPS) is 12.5. The summed E-state index contributed by atoms with van der Waals surface area (Å²) in [6, 6.07) is 0. The van der Waals surface area contributed by atoms with Crippen LogP contribution >= 0.6 is 0 Å². The summed E-state index contributed by atoms with van der Waals surface area (Å²) in [5.41, 5.74) is 0. The molecule has 1 unspecified atom stereocenters. The molecule has 0 rings (SSSR count). The van der Waals surface area contributed by atoms with E-state index in [2.05, 4.69) is 81.5 Å². The van der Waals surface area contributed by atoms with E-state index in [1.54, 1.807) is 0 Å². The van der Waals surface area contributed by atoms with E-state index < -0.39 is 6.10 Å². The molecule has 0 radical (unpaired) electrons. The van der Waals surface area contributed by atoms with Crippen LogP contribution in [-0.2, 0) is 28.6 Å².